The van der Waals surface area contributed by atoms with Gasteiger partial charge < -0.3 is 5.32 Å². The van der Waals surface area contributed by atoms with E-state index in [1.807, 2.05) is 54.6 Å². The molecule has 0 bridgehead atoms. The Labute approximate surface area is 129 Å². The molecule has 3 aromatic rings. The van der Waals surface area contributed by atoms with Crippen LogP contribution >= 0.6 is 0 Å². The molecule has 0 aliphatic rings. The van der Waals surface area contributed by atoms with Gasteiger partial charge in [-0.05, 0) is 41.0 Å². The Hall–Kier alpha value is -2.94. The van der Waals surface area contributed by atoms with Crippen molar-refractivity contribution < 1.29 is 4.79 Å². The molecule has 1 heterocycles. The number of carbonyl (C=O) groups excluding carboxylic acids is 1. The van der Waals surface area contributed by atoms with Gasteiger partial charge >= 0.3 is 0 Å². The van der Waals surface area contributed by atoms with Crippen molar-refractivity contribution in [2.75, 3.05) is 0 Å². The summed E-state index contributed by atoms with van der Waals surface area (Å²) in [7, 11) is 0. The predicted octanol–water partition coefficient (Wildman–Crippen LogP) is 3.68. The van der Waals surface area contributed by atoms with Crippen molar-refractivity contribution in [3.63, 3.8) is 0 Å². The number of aromatic nitrogens is 1. The smallest absolute Gasteiger partial charge is 0.251 e. The van der Waals surface area contributed by atoms with Crippen molar-refractivity contribution >= 4 is 5.91 Å². The van der Waals surface area contributed by atoms with E-state index in [4.69, 9.17) is 0 Å². The molecular formula is C19H16N2O. The molecule has 1 N–H and O–H groups in total. The number of amides is 1. The molecule has 0 unspecified atom stereocenters. The number of benzene rings is 2. The minimum atomic E-state index is -0.0728. The van der Waals surface area contributed by atoms with Crippen LogP contribution in [0.5, 0.6) is 0 Å². The van der Waals surface area contributed by atoms with Crippen molar-refractivity contribution in [2.45, 2.75) is 6.54 Å². The fourth-order valence-electron chi connectivity index (χ4n) is 2.23. The Morgan fingerprint density at radius 2 is 1.45 bits per heavy atom. The highest BCUT2D eigenvalue weighted by molar-refractivity contribution is 5.94. The first-order valence-corrected chi connectivity index (χ1v) is 7.15. The Kier molecular flexibility index (Phi) is 4.25. The van der Waals surface area contributed by atoms with E-state index in [-0.39, 0.29) is 5.91 Å². The minimum absolute atomic E-state index is 0.0728. The van der Waals surface area contributed by atoms with Crippen LogP contribution in [0.15, 0.2) is 79.1 Å². The maximum absolute atomic E-state index is 12.1. The van der Waals surface area contributed by atoms with Gasteiger partial charge in [-0.1, -0.05) is 42.5 Å². The van der Waals surface area contributed by atoms with Gasteiger partial charge in [-0.2, -0.15) is 0 Å². The Morgan fingerprint density at radius 1 is 0.818 bits per heavy atom. The first kappa shape index (κ1) is 14.0. The molecule has 0 saturated heterocycles. The van der Waals surface area contributed by atoms with Crippen LogP contribution in [0, 0.1) is 0 Å². The summed E-state index contributed by atoms with van der Waals surface area (Å²) in [6.07, 6.45) is 3.44. The molecule has 0 atom stereocenters. The summed E-state index contributed by atoms with van der Waals surface area (Å²) >= 11 is 0. The Balaban J connectivity index is 1.66. The zero-order valence-corrected chi connectivity index (χ0v) is 12.1. The standard InChI is InChI=1S/C19H16N2O/c22-19(21-14-15-10-12-20-13-11-15)18-8-6-17(7-9-18)16-4-2-1-3-5-16/h1-13H,14H2,(H,21,22). The summed E-state index contributed by atoms with van der Waals surface area (Å²) < 4.78 is 0. The average Bonchev–Trinajstić information content (AvgIpc) is 2.61. The molecule has 3 rings (SSSR count). The summed E-state index contributed by atoms with van der Waals surface area (Å²) in [5.74, 6) is -0.0728. The largest absolute Gasteiger partial charge is 0.348 e. The van der Waals surface area contributed by atoms with E-state index in [9.17, 15) is 4.79 Å². The van der Waals surface area contributed by atoms with Crippen molar-refractivity contribution in [1.29, 1.82) is 0 Å². The lowest BCUT2D eigenvalue weighted by Gasteiger charge is -2.06. The fraction of sp³-hybridized carbons (Fsp3) is 0.0526. The van der Waals surface area contributed by atoms with Gasteiger partial charge in [-0.15, -0.1) is 0 Å². The molecular weight excluding hydrogens is 272 g/mol. The number of nitrogens with zero attached hydrogens (tertiary/aromatic N) is 1. The van der Waals surface area contributed by atoms with Crippen LogP contribution in [0.4, 0.5) is 0 Å². The van der Waals surface area contributed by atoms with E-state index < -0.39 is 0 Å². The van der Waals surface area contributed by atoms with Gasteiger partial charge in [0.05, 0.1) is 0 Å². The van der Waals surface area contributed by atoms with Crippen molar-refractivity contribution in [3.8, 4) is 11.1 Å². The van der Waals surface area contributed by atoms with Crippen LogP contribution in [0.1, 0.15) is 15.9 Å². The van der Waals surface area contributed by atoms with E-state index in [1.165, 1.54) is 0 Å². The van der Waals surface area contributed by atoms with Crippen molar-refractivity contribution in [2.24, 2.45) is 0 Å². The summed E-state index contributed by atoms with van der Waals surface area (Å²) in [4.78, 5) is 16.1. The molecule has 1 aromatic heterocycles. The van der Waals surface area contributed by atoms with E-state index in [1.54, 1.807) is 12.4 Å². The summed E-state index contributed by atoms with van der Waals surface area (Å²) in [6, 6.07) is 21.5. The summed E-state index contributed by atoms with van der Waals surface area (Å²) in [6.45, 7) is 0.502. The predicted molar refractivity (Wildman–Crippen MR) is 87.3 cm³/mol. The van der Waals surface area contributed by atoms with Gasteiger partial charge in [-0.25, -0.2) is 0 Å². The molecule has 1 amide bonds. The zero-order valence-electron chi connectivity index (χ0n) is 12.1. The second-order valence-corrected chi connectivity index (χ2v) is 4.98. The number of pyridine rings is 1. The van der Waals surface area contributed by atoms with Gasteiger partial charge in [0.2, 0.25) is 0 Å². The number of carbonyl (C=O) groups is 1. The molecule has 22 heavy (non-hydrogen) atoms. The third-order valence-electron chi connectivity index (χ3n) is 3.46. The Morgan fingerprint density at radius 3 is 2.14 bits per heavy atom. The minimum Gasteiger partial charge on any atom is -0.348 e. The summed E-state index contributed by atoms with van der Waals surface area (Å²) in [5.41, 5.74) is 3.94. The highest BCUT2D eigenvalue weighted by atomic mass is 16.1. The molecule has 0 aliphatic carbocycles. The molecule has 3 nitrogen and oxygen atoms in total. The van der Waals surface area contributed by atoms with Crippen LogP contribution in [-0.2, 0) is 6.54 Å². The zero-order chi connectivity index (χ0) is 15.2. The van der Waals surface area contributed by atoms with Crippen molar-refractivity contribution in [3.05, 3.63) is 90.3 Å². The SMILES string of the molecule is O=C(NCc1ccncc1)c1ccc(-c2ccccc2)cc1. The van der Waals surface area contributed by atoms with Gasteiger partial charge in [0.25, 0.3) is 5.91 Å². The van der Waals surface area contributed by atoms with E-state index in [0.29, 0.717) is 12.1 Å². The van der Waals surface area contributed by atoms with E-state index in [2.05, 4.69) is 22.4 Å². The number of hydrogen-bond acceptors (Lipinski definition) is 2. The first-order chi connectivity index (χ1) is 10.8. The molecule has 0 radical (unpaired) electrons. The first-order valence-electron chi connectivity index (χ1n) is 7.15. The molecule has 0 fully saturated rings. The highest BCUT2D eigenvalue weighted by Gasteiger charge is 2.05. The highest BCUT2D eigenvalue weighted by Crippen LogP contribution is 2.19. The number of nitrogens with one attached hydrogen (secondary N) is 1. The lowest BCUT2D eigenvalue weighted by Crippen LogP contribution is -2.22. The van der Waals surface area contributed by atoms with Crippen LogP contribution in [0.2, 0.25) is 0 Å². The van der Waals surface area contributed by atoms with E-state index >= 15 is 0 Å². The van der Waals surface area contributed by atoms with Crippen LogP contribution < -0.4 is 5.32 Å². The van der Waals surface area contributed by atoms with Crippen LogP contribution in [-0.4, -0.2) is 10.9 Å². The quantitative estimate of drug-likeness (QED) is 0.795. The van der Waals surface area contributed by atoms with Gasteiger partial charge in [0, 0.05) is 24.5 Å². The number of hydrogen-bond donors (Lipinski definition) is 1. The third-order valence-corrected chi connectivity index (χ3v) is 3.46. The third kappa shape index (κ3) is 3.38. The number of rotatable bonds is 4. The fourth-order valence-corrected chi connectivity index (χ4v) is 2.23. The molecule has 108 valence electrons. The lowest BCUT2D eigenvalue weighted by atomic mass is 10.0. The van der Waals surface area contributed by atoms with Gasteiger partial charge in [-0.3, -0.25) is 9.78 Å². The monoisotopic (exact) mass is 288 g/mol. The lowest BCUT2D eigenvalue weighted by molar-refractivity contribution is 0.0951. The van der Waals surface area contributed by atoms with Crippen LogP contribution in [0.3, 0.4) is 0 Å². The molecule has 0 aliphatic heterocycles. The maximum atomic E-state index is 12.1. The maximum Gasteiger partial charge on any atom is 0.251 e. The topological polar surface area (TPSA) is 42.0 Å². The second-order valence-electron chi connectivity index (χ2n) is 4.98. The second kappa shape index (κ2) is 6.68. The van der Waals surface area contributed by atoms with Gasteiger partial charge in [0.15, 0.2) is 0 Å². The summed E-state index contributed by atoms with van der Waals surface area (Å²) in [5, 5.41) is 2.91. The molecule has 0 spiro atoms. The molecule has 3 heteroatoms. The molecule has 0 saturated carbocycles. The molecule has 2 aromatic carbocycles. The van der Waals surface area contributed by atoms with E-state index in [0.717, 1.165) is 16.7 Å². The normalized spacial score (nSPS) is 10.2. The van der Waals surface area contributed by atoms with Gasteiger partial charge in [0.1, 0.15) is 0 Å². The average molecular weight is 288 g/mol. The van der Waals surface area contributed by atoms with Crippen LogP contribution in [0.25, 0.3) is 11.1 Å². The van der Waals surface area contributed by atoms with Crippen molar-refractivity contribution in [1.82, 2.24) is 10.3 Å². The Bertz CT molecular complexity index is 737.